The van der Waals surface area contributed by atoms with Gasteiger partial charge in [0.25, 0.3) is 5.91 Å². The van der Waals surface area contributed by atoms with E-state index < -0.39 is 22.8 Å². The number of carboxylic acids is 1. The Morgan fingerprint density at radius 3 is 2.37 bits per heavy atom. The largest absolute Gasteiger partial charge is 0.481 e. The minimum atomic E-state index is -1.13. The van der Waals surface area contributed by atoms with Gasteiger partial charge < -0.3 is 16.2 Å². The number of rotatable bonds is 4. The smallest absolute Gasteiger partial charge is 0.311 e. The van der Waals surface area contributed by atoms with Crippen LogP contribution >= 0.6 is 0 Å². The maximum atomic E-state index is 12.1. The molecule has 1 aromatic heterocycles. The molecule has 0 saturated heterocycles. The molecule has 0 bridgehead atoms. The van der Waals surface area contributed by atoms with Crippen LogP contribution < -0.4 is 11.1 Å². The lowest BCUT2D eigenvalue weighted by molar-refractivity contribution is -0.150. The average molecular weight is 265 g/mol. The van der Waals surface area contributed by atoms with Gasteiger partial charge in [0, 0.05) is 6.20 Å². The highest BCUT2D eigenvalue weighted by atomic mass is 16.4. The summed E-state index contributed by atoms with van der Waals surface area (Å²) in [7, 11) is 0. The van der Waals surface area contributed by atoms with E-state index in [9.17, 15) is 14.7 Å². The van der Waals surface area contributed by atoms with Gasteiger partial charge in [0.1, 0.15) is 0 Å². The van der Waals surface area contributed by atoms with Crippen LogP contribution in [0.1, 0.15) is 38.2 Å². The van der Waals surface area contributed by atoms with E-state index in [1.54, 1.807) is 39.8 Å². The molecule has 0 aliphatic heterocycles. The molecule has 1 rings (SSSR count). The summed E-state index contributed by atoms with van der Waals surface area (Å²) >= 11 is 0. The number of nitrogens with zero attached hydrogens (tertiary/aromatic N) is 1. The fourth-order valence-corrected chi connectivity index (χ4v) is 1.37. The highest BCUT2D eigenvalue weighted by Gasteiger charge is 2.44. The van der Waals surface area contributed by atoms with Crippen LogP contribution in [0.25, 0.3) is 0 Å². The molecule has 0 saturated carbocycles. The molecule has 19 heavy (non-hydrogen) atoms. The quantitative estimate of drug-likeness (QED) is 0.760. The molecule has 1 amide bonds. The number of carbonyl (C=O) groups is 2. The first-order valence-electron chi connectivity index (χ1n) is 5.86. The molecular weight excluding hydrogens is 246 g/mol. The molecule has 0 radical (unpaired) electrons. The maximum Gasteiger partial charge on any atom is 0.311 e. The highest BCUT2D eigenvalue weighted by molar-refractivity contribution is 5.97. The van der Waals surface area contributed by atoms with Crippen molar-refractivity contribution in [3.63, 3.8) is 0 Å². The van der Waals surface area contributed by atoms with E-state index in [-0.39, 0.29) is 11.4 Å². The Hall–Kier alpha value is -2.11. The zero-order chi connectivity index (χ0) is 14.8. The molecule has 0 spiro atoms. The lowest BCUT2D eigenvalue weighted by Gasteiger charge is -2.38. The van der Waals surface area contributed by atoms with Crippen molar-refractivity contribution in [2.75, 3.05) is 5.73 Å². The number of carboxylic acid groups (broad SMARTS) is 1. The molecule has 0 fully saturated rings. The van der Waals surface area contributed by atoms with Gasteiger partial charge in [-0.3, -0.25) is 9.59 Å². The van der Waals surface area contributed by atoms with Crippen LogP contribution in [0.15, 0.2) is 18.3 Å². The highest BCUT2D eigenvalue weighted by Crippen LogP contribution is 2.31. The number of hydrogen-bond donors (Lipinski definition) is 3. The van der Waals surface area contributed by atoms with Crippen molar-refractivity contribution in [2.24, 2.45) is 5.41 Å². The maximum absolute atomic E-state index is 12.1. The predicted octanol–water partition coefficient (Wildman–Crippen LogP) is 1.28. The van der Waals surface area contributed by atoms with Crippen molar-refractivity contribution in [1.82, 2.24) is 10.3 Å². The summed E-state index contributed by atoms with van der Waals surface area (Å²) in [5.74, 6) is -1.48. The minimum Gasteiger partial charge on any atom is -0.481 e. The number of nitrogen functional groups attached to an aromatic ring is 1. The number of aliphatic carboxylic acids is 1. The summed E-state index contributed by atoms with van der Waals surface area (Å²) in [6, 6.07) is 3.19. The molecular formula is C13H19N3O3. The van der Waals surface area contributed by atoms with Gasteiger partial charge in [-0.15, -0.1) is 0 Å². The lowest BCUT2D eigenvalue weighted by atomic mass is 9.74. The van der Waals surface area contributed by atoms with Crippen molar-refractivity contribution in [3.8, 4) is 0 Å². The molecule has 0 aliphatic rings. The van der Waals surface area contributed by atoms with Gasteiger partial charge in [-0.1, -0.05) is 0 Å². The zero-order valence-electron chi connectivity index (χ0n) is 11.5. The molecule has 0 unspecified atom stereocenters. The average Bonchev–Trinajstić information content (AvgIpc) is 2.28. The third-order valence-corrected chi connectivity index (χ3v) is 3.58. The van der Waals surface area contributed by atoms with Gasteiger partial charge >= 0.3 is 5.97 Å². The first-order valence-corrected chi connectivity index (χ1v) is 5.86. The molecule has 4 N–H and O–H groups in total. The second kappa shape index (κ2) is 4.87. The van der Waals surface area contributed by atoms with Crippen molar-refractivity contribution < 1.29 is 14.7 Å². The van der Waals surface area contributed by atoms with Crippen LogP contribution in [0, 0.1) is 5.41 Å². The first kappa shape index (κ1) is 14.9. The number of pyridine rings is 1. The van der Waals surface area contributed by atoms with Crippen LogP contribution in [0.3, 0.4) is 0 Å². The van der Waals surface area contributed by atoms with E-state index in [4.69, 9.17) is 5.73 Å². The molecule has 1 heterocycles. The topological polar surface area (TPSA) is 105 Å². The Kier molecular flexibility index (Phi) is 3.83. The summed E-state index contributed by atoms with van der Waals surface area (Å²) in [5.41, 5.74) is 3.93. The third kappa shape index (κ3) is 2.83. The Bertz CT molecular complexity index is 510. The van der Waals surface area contributed by atoms with Gasteiger partial charge in [-0.2, -0.15) is 0 Å². The fourth-order valence-electron chi connectivity index (χ4n) is 1.37. The normalized spacial score (nSPS) is 12.0. The van der Waals surface area contributed by atoms with E-state index in [1.807, 2.05) is 0 Å². The van der Waals surface area contributed by atoms with Gasteiger partial charge in [0.2, 0.25) is 0 Å². The fraction of sp³-hybridized carbons (Fsp3) is 0.462. The number of hydrogen-bond acceptors (Lipinski definition) is 4. The third-order valence-electron chi connectivity index (χ3n) is 3.58. The summed E-state index contributed by atoms with van der Waals surface area (Å²) < 4.78 is 0. The Morgan fingerprint density at radius 1 is 1.32 bits per heavy atom. The van der Waals surface area contributed by atoms with Crippen molar-refractivity contribution in [2.45, 2.75) is 33.2 Å². The SMILES string of the molecule is CC(C)(NC(=O)c1ncccc1N)C(C)(C)C(=O)O. The van der Waals surface area contributed by atoms with E-state index in [0.29, 0.717) is 0 Å². The van der Waals surface area contributed by atoms with Crippen LogP contribution in [-0.2, 0) is 4.79 Å². The van der Waals surface area contributed by atoms with Crippen molar-refractivity contribution in [3.05, 3.63) is 24.0 Å². The summed E-state index contributed by atoms with van der Waals surface area (Å²) in [5, 5.41) is 11.9. The number of nitrogens with two attached hydrogens (primary N) is 1. The summed E-state index contributed by atoms with van der Waals surface area (Å²) in [4.78, 5) is 27.3. The minimum absolute atomic E-state index is 0.0942. The van der Waals surface area contributed by atoms with E-state index in [1.165, 1.54) is 6.20 Å². The number of amides is 1. The second-order valence-corrected chi connectivity index (χ2v) is 5.45. The van der Waals surface area contributed by atoms with E-state index in [2.05, 4.69) is 10.3 Å². The number of carbonyl (C=O) groups excluding carboxylic acids is 1. The molecule has 6 nitrogen and oxygen atoms in total. The molecule has 104 valence electrons. The lowest BCUT2D eigenvalue weighted by Crippen LogP contribution is -2.57. The predicted molar refractivity (Wildman–Crippen MR) is 71.6 cm³/mol. The van der Waals surface area contributed by atoms with Crippen molar-refractivity contribution >= 4 is 17.6 Å². The second-order valence-electron chi connectivity index (χ2n) is 5.45. The summed E-state index contributed by atoms with van der Waals surface area (Å²) in [6.45, 7) is 6.41. The molecule has 0 aromatic carbocycles. The van der Waals surface area contributed by atoms with Crippen LogP contribution in [-0.4, -0.2) is 27.5 Å². The number of nitrogens with one attached hydrogen (secondary N) is 1. The monoisotopic (exact) mass is 265 g/mol. The first-order chi connectivity index (χ1) is 8.59. The molecule has 1 aromatic rings. The van der Waals surface area contributed by atoms with E-state index >= 15 is 0 Å². The standard InChI is InChI=1S/C13H19N3O3/c1-12(2,11(18)19)13(3,4)16-10(17)9-8(14)6-5-7-15-9/h5-7H,14H2,1-4H3,(H,16,17)(H,18,19). The van der Waals surface area contributed by atoms with Gasteiger partial charge in [-0.25, -0.2) is 4.98 Å². The number of aromatic nitrogens is 1. The van der Waals surface area contributed by atoms with Crippen LogP contribution in [0.2, 0.25) is 0 Å². The molecule has 6 heteroatoms. The number of anilines is 1. The summed E-state index contributed by atoms with van der Waals surface area (Å²) in [6.07, 6.45) is 1.46. The van der Waals surface area contributed by atoms with Crippen molar-refractivity contribution in [1.29, 1.82) is 0 Å². The molecule has 0 aliphatic carbocycles. The Morgan fingerprint density at radius 2 is 1.89 bits per heavy atom. The van der Waals surface area contributed by atoms with Gasteiger partial charge in [-0.05, 0) is 39.8 Å². The van der Waals surface area contributed by atoms with Gasteiger partial charge in [0.05, 0.1) is 16.6 Å². The Balaban J connectivity index is 3.00. The molecule has 0 atom stereocenters. The zero-order valence-corrected chi connectivity index (χ0v) is 11.5. The van der Waals surface area contributed by atoms with Gasteiger partial charge in [0.15, 0.2) is 5.69 Å². The van der Waals surface area contributed by atoms with E-state index in [0.717, 1.165) is 0 Å². The van der Waals surface area contributed by atoms with Crippen LogP contribution in [0.4, 0.5) is 5.69 Å². The van der Waals surface area contributed by atoms with Crippen LogP contribution in [0.5, 0.6) is 0 Å². The Labute approximate surface area is 112 Å².